The second-order valence-electron chi connectivity index (χ2n) is 7.84. The van der Waals surface area contributed by atoms with E-state index in [9.17, 15) is 9.59 Å². The van der Waals surface area contributed by atoms with Crippen molar-refractivity contribution in [3.05, 3.63) is 51.8 Å². The number of carbonyl (C=O) groups excluding carboxylic acids is 2. The van der Waals surface area contributed by atoms with Crippen LogP contribution in [0.25, 0.3) is 0 Å². The van der Waals surface area contributed by atoms with Crippen LogP contribution in [0.15, 0.2) is 18.2 Å². The van der Waals surface area contributed by atoms with Crippen molar-refractivity contribution >= 4 is 11.8 Å². The van der Waals surface area contributed by atoms with Crippen LogP contribution in [0.1, 0.15) is 43.2 Å². The van der Waals surface area contributed by atoms with E-state index in [0.29, 0.717) is 70.3 Å². The molecule has 160 valence electrons. The number of hydrogen-bond acceptors (Lipinski definition) is 5. The lowest BCUT2D eigenvalue weighted by Crippen LogP contribution is -2.41. The van der Waals surface area contributed by atoms with Crippen LogP contribution in [0.3, 0.4) is 0 Å². The van der Waals surface area contributed by atoms with Gasteiger partial charge < -0.3 is 19.7 Å². The molecule has 2 aliphatic rings. The molecule has 0 radical (unpaired) electrons. The number of amides is 2. The topological polar surface area (TPSA) is 85.7 Å². The Hall–Kier alpha value is -2.71. The van der Waals surface area contributed by atoms with E-state index in [0.717, 1.165) is 22.4 Å². The van der Waals surface area contributed by atoms with Crippen molar-refractivity contribution in [3.8, 4) is 0 Å². The first kappa shape index (κ1) is 20.6. The number of fused-ring (bicyclic) bond motifs is 1. The summed E-state index contributed by atoms with van der Waals surface area (Å²) in [4.78, 5) is 27.3. The summed E-state index contributed by atoms with van der Waals surface area (Å²) in [6, 6.07) is 5.81. The van der Waals surface area contributed by atoms with Crippen molar-refractivity contribution in [2.24, 2.45) is 0 Å². The van der Waals surface area contributed by atoms with E-state index in [1.54, 1.807) is 4.90 Å². The molecular weight excluding hydrogens is 384 g/mol. The number of ether oxygens (including phenoxy) is 2. The van der Waals surface area contributed by atoms with Crippen molar-refractivity contribution in [1.29, 1.82) is 0 Å². The van der Waals surface area contributed by atoms with Gasteiger partial charge in [-0.15, -0.1) is 0 Å². The number of hydrogen-bond donors (Lipinski definition) is 1. The van der Waals surface area contributed by atoms with Gasteiger partial charge in [-0.25, -0.2) is 0 Å². The molecule has 2 amide bonds. The summed E-state index contributed by atoms with van der Waals surface area (Å²) >= 11 is 0. The highest BCUT2D eigenvalue weighted by Gasteiger charge is 2.29. The fraction of sp³-hybridized carbons (Fsp3) is 0.500. The van der Waals surface area contributed by atoms with Gasteiger partial charge in [-0.05, 0) is 26.0 Å². The van der Waals surface area contributed by atoms with Gasteiger partial charge in [-0.2, -0.15) is 5.10 Å². The minimum atomic E-state index is -0.101. The summed E-state index contributed by atoms with van der Waals surface area (Å²) in [5.41, 5.74) is 5.15. The number of benzene rings is 1. The zero-order chi connectivity index (χ0) is 21.1. The second-order valence-corrected chi connectivity index (χ2v) is 7.84. The molecule has 0 bridgehead atoms. The molecule has 0 saturated carbocycles. The van der Waals surface area contributed by atoms with Gasteiger partial charge in [0.2, 0.25) is 0 Å². The molecule has 1 aromatic heterocycles. The van der Waals surface area contributed by atoms with Gasteiger partial charge in [-0.3, -0.25) is 14.3 Å². The number of aromatic nitrogens is 2. The zero-order valence-corrected chi connectivity index (χ0v) is 17.6. The highest BCUT2D eigenvalue weighted by molar-refractivity contribution is 5.95. The van der Waals surface area contributed by atoms with E-state index in [1.807, 2.05) is 36.7 Å². The van der Waals surface area contributed by atoms with Gasteiger partial charge >= 0.3 is 0 Å². The summed E-state index contributed by atoms with van der Waals surface area (Å²) in [7, 11) is 0. The SMILES string of the molecule is Cc1cc(C)cc(C(=O)NCCn2nc(C(=O)N3CCOCC3)c3c2CCOC3)c1. The molecule has 0 unspecified atom stereocenters. The van der Waals surface area contributed by atoms with Crippen molar-refractivity contribution in [3.63, 3.8) is 0 Å². The molecule has 1 fully saturated rings. The quantitative estimate of drug-likeness (QED) is 0.804. The number of carbonyl (C=O) groups is 2. The first-order valence-electron chi connectivity index (χ1n) is 10.4. The molecule has 4 rings (SSSR count). The van der Waals surface area contributed by atoms with Gasteiger partial charge in [0.05, 0.1) is 33.0 Å². The van der Waals surface area contributed by atoms with E-state index in [4.69, 9.17) is 9.47 Å². The van der Waals surface area contributed by atoms with Crippen LogP contribution in [0.5, 0.6) is 0 Å². The number of aryl methyl sites for hydroxylation is 2. The van der Waals surface area contributed by atoms with Crippen LogP contribution in [0, 0.1) is 13.8 Å². The smallest absolute Gasteiger partial charge is 0.274 e. The molecule has 0 spiro atoms. The van der Waals surface area contributed by atoms with E-state index in [-0.39, 0.29) is 11.8 Å². The first-order chi connectivity index (χ1) is 14.5. The molecule has 1 aromatic carbocycles. The third kappa shape index (κ3) is 4.39. The van der Waals surface area contributed by atoms with Gasteiger partial charge in [-0.1, -0.05) is 17.2 Å². The number of morpholine rings is 1. The standard InChI is InChI=1S/C22H28N4O4/c1-15-11-16(2)13-17(12-15)21(27)23-4-5-26-19-3-8-30-14-18(19)20(24-26)22(28)25-6-9-29-10-7-25/h11-13H,3-10,14H2,1-2H3,(H,23,27). The summed E-state index contributed by atoms with van der Waals surface area (Å²) < 4.78 is 12.8. The average molecular weight is 412 g/mol. The Balaban J connectivity index is 1.45. The summed E-state index contributed by atoms with van der Waals surface area (Å²) in [6.45, 7) is 8.17. The third-order valence-corrected chi connectivity index (χ3v) is 5.49. The molecule has 1 N–H and O–H groups in total. The first-order valence-corrected chi connectivity index (χ1v) is 10.4. The Morgan fingerprint density at radius 1 is 1.07 bits per heavy atom. The minimum Gasteiger partial charge on any atom is -0.378 e. The monoisotopic (exact) mass is 412 g/mol. The van der Waals surface area contributed by atoms with Crippen LogP contribution >= 0.6 is 0 Å². The number of nitrogens with one attached hydrogen (secondary N) is 1. The third-order valence-electron chi connectivity index (χ3n) is 5.49. The van der Waals surface area contributed by atoms with E-state index in [1.165, 1.54) is 0 Å². The molecular formula is C22H28N4O4. The van der Waals surface area contributed by atoms with Gasteiger partial charge in [0, 0.05) is 42.9 Å². The Kier molecular flexibility index (Phi) is 6.15. The predicted octanol–water partition coefficient (Wildman–Crippen LogP) is 1.48. The molecule has 8 nitrogen and oxygen atoms in total. The largest absolute Gasteiger partial charge is 0.378 e. The van der Waals surface area contributed by atoms with Crippen LogP contribution in [-0.2, 0) is 29.0 Å². The van der Waals surface area contributed by atoms with E-state index < -0.39 is 0 Å². The molecule has 2 aromatic rings. The Bertz CT molecular complexity index is 927. The second kappa shape index (κ2) is 8.97. The Morgan fingerprint density at radius 2 is 1.80 bits per heavy atom. The highest BCUT2D eigenvalue weighted by Crippen LogP contribution is 2.22. The summed E-state index contributed by atoms with van der Waals surface area (Å²) in [5.74, 6) is -0.172. The van der Waals surface area contributed by atoms with Gasteiger partial charge in [0.15, 0.2) is 5.69 Å². The van der Waals surface area contributed by atoms with Crippen molar-refractivity contribution in [2.75, 3.05) is 39.5 Å². The van der Waals surface area contributed by atoms with Crippen LogP contribution in [0.2, 0.25) is 0 Å². The van der Waals surface area contributed by atoms with Crippen molar-refractivity contribution in [1.82, 2.24) is 20.0 Å². The van der Waals surface area contributed by atoms with Crippen molar-refractivity contribution in [2.45, 2.75) is 33.4 Å². The van der Waals surface area contributed by atoms with Crippen LogP contribution in [0.4, 0.5) is 0 Å². The normalized spacial score (nSPS) is 16.3. The van der Waals surface area contributed by atoms with E-state index in [2.05, 4.69) is 10.4 Å². The molecule has 30 heavy (non-hydrogen) atoms. The zero-order valence-electron chi connectivity index (χ0n) is 17.6. The lowest BCUT2D eigenvalue weighted by molar-refractivity contribution is 0.0294. The molecule has 2 aliphatic heterocycles. The van der Waals surface area contributed by atoms with E-state index >= 15 is 0 Å². The fourth-order valence-corrected chi connectivity index (χ4v) is 4.06. The maximum absolute atomic E-state index is 13.0. The van der Waals surface area contributed by atoms with Gasteiger partial charge in [0.25, 0.3) is 11.8 Å². The summed E-state index contributed by atoms with van der Waals surface area (Å²) in [5, 5.41) is 7.59. The van der Waals surface area contributed by atoms with Gasteiger partial charge in [0.1, 0.15) is 0 Å². The van der Waals surface area contributed by atoms with Crippen LogP contribution in [-0.4, -0.2) is 65.9 Å². The Labute approximate surface area is 176 Å². The molecule has 3 heterocycles. The lowest BCUT2D eigenvalue weighted by atomic mass is 10.1. The lowest BCUT2D eigenvalue weighted by Gasteiger charge is -2.26. The maximum Gasteiger partial charge on any atom is 0.274 e. The molecule has 0 aliphatic carbocycles. The van der Waals surface area contributed by atoms with Crippen molar-refractivity contribution < 1.29 is 19.1 Å². The minimum absolute atomic E-state index is 0.0712. The number of rotatable bonds is 5. The molecule has 8 heteroatoms. The summed E-state index contributed by atoms with van der Waals surface area (Å²) in [6.07, 6.45) is 0.712. The number of nitrogens with zero attached hydrogens (tertiary/aromatic N) is 3. The highest BCUT2D eigenvalue weighted by atomic mass is 16.5. The average Bonchev–Trinajstić information content (AvgIpc) is 3.12. The maximum atomic E-state index is 13.0. The Morgan fingerprint density at radius 3 is 2.53 bits per heavy atom. The molecule has 0 atom stereocenters. The molecule has 1 saturated heterocycles. The fourth-order valence-electron chi connectivity index (χ4n) is 4.06. The predicted molar refractivity (Wildman–Crippen MR) is 111 cm³/mol. The van der Waals surface area contributed by atoms with Crippen LogP contribution < -0.4 is 5.32 Å².